The zero-order chi connectivity index (χ0) is 18.9. The lowest BCUT2D eigenvalue weighted by Crippen LogP contribution is -2.24. The van der Waals surface area contributed by atoms with E-state index in [1.165, 1.54) is 12.1 Å². The van der Waals surface area contributed by atoms with Gasteiger partial charge in [-0.15, -0.1) is 0 Å². The molecule has 0 unspecified atom stereocenters. The second-order valence-electron chi connectivity index (χ2n) is 5.74. The van der Waals surface area contributed by atoms with Crippen LogP contribution < -0.4 is 4.72 Å². The molecular formula is C17H16Cl2N4O2S. The highest BCUT2D eigenvalue weighted by atomic mass is 35.5. The zero-order valence-corrected chi connectivity index (χ0v) is 16.4. The van der Waals surface area contributed by atoms with E-state index in [2.05, 4.69) is 14.8 Å². The molecule has 1 N–H and O–H groups in total. The monoisotopic (exact) mass is 410 g/mol. The minimum atomic E-state index is -3.80. The van der Waals surface area contributed by atoms with Crippen LogP contribution >= 0.6 is 23.2 Å². The number of aryl methyl sites for hydroxylation is 2. The van der Waals surface area contributed by atoms with Gasteiger partial charge in [0.2, 0.25) is 10.0 Å². The number of rotatable bonds is 5. The third-order valence-electron chi connectivity index (χ3n) is 3.85. The van der Waals surface area contributed by atoms with Gasteiger partial charge in [0.05, 0.1) is 23.0 Å². The van der Waals surface area contributed by atoms with Crippen LogP contribution in [0.2, 0.25) is 10.0 Å². The van der Waals surface area contributed by atoms with Crippen LogP contribution in [0.5, 0.6) is 0 Å². The summed E-state index contributed by atoms with van der Waals surface area (Å²) in [5.41, 5.74) is 3.03. The molecule has 0 saturated heterocycles. The number of benzene rings is 1. The van der Waals surface area contributed by atoms with E-state index in [4.69, 9.17) is 23.2 Å². The number of hydrogen-bond donors (Lipinski definition) is 1. The Bertz CT molecular complexity index is 1050. The number of halogens is 2. The first-order chi connectivity index (χ1) is 12.3. The summed E-state index contributed by atoms with van der Waals surface area (Å²) in [6, 6.07) is 8.43. The molecule has 0 saturated carbocycles. The Labute approximate surface area is 161 Å². The topological polar surface area (TPSA) is 76.9 Å². The highest BCUT2D eigenvalue weighted by molar-refractivity contribution is 7.89. The molecule has 26 heavy (non-hydrogen) atoms. The molecule has 136 valence electrons. The molecule has 3 rings (SSSR count). The van der Waals surface area contributed by atoms with Gasteiger partial charge in [0.1, 0.15) is 4.90 Å². The number of hydrogen-bond acceptors (Lipinski definition) is 4. The maximum atomic E-state index is 12.6. The Kier molecular flexibility index (Phi) is 5.34. The smallest absolute Gasteiger partial charge is 0.242 e. The van der Waals surface area contributed by atoms with Crippen molar-refractivity contribution in [2.45, 2.75) is 18.4 Å². The van der Waals surface area contributed by atoms with Crippen LogP contribution in [-0.4, -0.2) is 23.2 Å². The first-order valence-electron chi connectivity index (χ1n) is 7.66. The normalized spacial score (nSPS) is 11.7. The first-order valence-corrected chi connectivity index (χ1v) is 9.90. The summed E-state index contributed by atoms with van der Waals surface area (Å²) < 4.78 is 29.4. The molecule has 0 aliphatic carbocycles. The molecule has 0 bridgehead atoms. The van der Waals surface area contributed by atoms with Crippen molar-refractivity contribution in [3.63, 3.8) is 0 Å². The maximum absolute atomic E-state index is 12.6. The lowest BCUT2D eigenvalue weighted by atomic mass is 10.2. The minimum Gasteiger partial charge on any atom is -0.268 e. The van der Waals surface area contributed by atoms with Crippen molar-refractivity contribution in [3.05, 3.63) is 64.0 Å². The van der Waals surface area contributed by atoms with Crippen LogP contribution in [0, 0.1) is 6.92 Å². The van der Waals surface area contributed by atoms with E-state index in [1.807, 2.05) is 18.2 Å². The third kappa shape index (κ3) is 3.91. The van der Waals surface area contributed by atoms with Gasteiger partial charge in [0, 0.05) is 30.0 Å². The molecule has 1 aromatic carbocycles. The third-order valence-corrected chi connectivity index (χ3v) is 6.13. The van der Waals surface area contributed by atoms with E-state index in [0.29, 0.717) is 16.3 Å². The number of sulfonamides is 1. The average Bonchev–Trinajstić information content (AvgIpc) is 2.98. The Hall–Kier alpha value is -1.93. The van der Waals surface area contributed by atoms with E-state index >= 15 is 0 Å². The molecule has 0 spiro atoms. The Morgan fingerprint density at radius 3 is 2.50 bits per heavy atom. The lowest BCUT2D eigenvalue weighted by Gasteiger charge is -2.09. The summed E-state index contributed by atoms with van der Waals surface area (Å²) in [4.78, 5) is 3.98. The van der Waals surface area contributed by atoms with Gasteiger partial charge in [-0.3, -0.25) is 9.67 Å². The Balaban J connectivity index is 1.82. The van der Waals surface area contributed by atoms with E-state index in [-0.39, 0.29) is 16.5 Å². The number of nitrogens with one attached hydrogen (secondary N) is 1. The maximum Gasteiger partial charge on any atom is 0.242 e. The SMILES string of the molecule is Cc1cc(S(=O)(=O)NCc2cc(-c3ccncc3)n(C)n2)c(Cl)cc1Cl. The van der Waals surface area contributed by atoms with Crippen molar-refractivity contribution in [1.29, 1.82) is 0 Å². The molecule has 0 amide bonds. The first kappa shape index (κ1) is 18.8. The standard InChI is InChI=1S/C17H16Cl2N4O2S/c1-11-7-17(15(19)9-14(11)18)26(24,25)21-10-13-8-16(23(2)22-13)12-3-5-20-6-4-12/h3-9,21H,10H2,1-2H3. The van der Waals surface area contributed by atoms with Crippen molar-refractivity contribution in [2.24, 2.45) is 7.05 Å². The van der Waals surface area contributed by atoms with Gasteiger partial charge < -0.3 is 0 Å². The second kappa shape index (κ2) is 7.36. The van der Waals surface area contributed by atoms with Gasteiger partial charge in [-0.25, -0.2) is 13.1 Å². The van der Waals surface area contributed by atoms with Crippen LogP contribution in [0.4, 0.5) is 0 Å². The molecule has 0 aliphatic rings. The van der Waals surface area contributed by atoms with Crippen molar-refractivity contribution in [2.75, 3.05) is 0 Å². The fraction of sp³-hybridized carbons (Fsp3) is 0.176. The molecule has 0 radical (unpaired) electrons. The lowest BCUT2D eigenvalue weighted by molar-refractivity contribution is 0.579. The van der Waals surface area contributed by atoms with Crippen molar-refractivity contribution >= 4 is 33.2 Å². The summed E-state index contributed by atoms with van der Waals surface area (Å²) in [6.45, 7) is 1.76. The van der Waals surface area contributed by atoms with Crippen LogP contribution in [-0.2, 0) is 23.6 Å². The highest BCUT2D eigenvalue weighted by Gasteiger charge is 2.20. The highest BCUT2D eigenvalue weighted by Crippen LogP contribution is 2.28. The van der Waals surface area contributed by atoms with E-state index < -0.39 is 10.0 Å². The molecular weight excluding hydrogens is 395 g/mol. The van der Waals surface area contributed by atoms with Crippen LogP contribution in [0.1, 0.15) is 11.3 Å². The summed E-state index contributed by atoms with van der Waals surface area (Å²) in [6.07, 6.45) is 3.38. The fourth-order valence-electron chi connectivity index (χ4n) is 2.49. The molecule has 9 heteroatoms. The summed E-state index contributed by atoms with van der Waals surface area (Å²) >= 11 is 12.0. The van der Waals surface area contributed by atoms with Crippen molar-refractivity contribution < 1.29 is 8.42 Å². The van der Waals surface area contributed by atoms with E-state index in [0.717, 1.165) is 11.3 Å². The molecule has 0 atom stereocenters. The predicted molar refractivity (Wildman–Crippen MR) is 102 cm³/mol. The Morgan fingerprint density at radius 1 is 1.12 bits per heavy atom. The van der Waals surface area contributed by atoms with E-state index in [9.17, 15) is 8.42 Å². The molecule has 2 aromatic heterocycles. The average molecular weight is 411 g/mol. The van der Waals surface area contributed by atoms with E-state index in [1.54, 1.807) is 31.0 Å². The number of pyridine rings is 1. The summed E-state index contributed by atoms with van der Waals surface area (Å²) in [7, 11) is -2.00. The van der Waals surface area contributed by atoms with Gasteiger partial charge in [-0.2, -0.15) is 5.10 Å². The molecule has 0 fully saturated rings. The zero-order valence-electron chi connectivity index (χ0n) is 14.1. The van der Waals surface area contributed by atoms with Gasteiger partial charge in [-0.05, 0) is 42.8 Å². The Morgan fingerprint density at radius 2 is 1.81 bits per heavy atom. The van der Waals surface area contributed by atoms with Crippen LogP contribution in [0.25, 0.3) is 11.3 Å². The molecule has 0 aliphatic heterocycles. The van der Waals surface area contributed by atoms with Crippen molar-refractivity contribution in [1.82, 2.24) is 19.5 Å². The predicted octanol–water partition coefficient (Wildman–Crippen LogP) is 3.58. The number of nitrogens with zero attached hydrogens (tertiary/aromatic N) is 3. The number of aromatic nitrogens is 3. The fourth-order valence-corrected chi connectivity index (χ4v) is 4.32. The summed E-state index contributed by atoms with van der Waals surface area (Å²) in [5.74, 6) is 0. The quantitative estimate of drug-likeness (QED) is 0.697. The van der Waals surface area contributed by atoms with Crippen LogP contribution in [0.15, 0.2) is 47.6 Å². The van der Waals surface area contributed by atoms with Gasteiger partial charge in [0.25, 0.3) is 0 Å². The minimum absolute atomic E-state index is 0.00800. The largest absolute Gasteiger partial charge is 0.268 e. The van der Waals surface area contributed by atoms with Gasteiger partial charge >= 0.3 is 0 Å². The molecule has 2 heterocycles. The van der Waals surface area contributed by atoms with Crippen molar-refractivity contribution in [3.8, 4) is 11.3 Å². The van der Waals surface area contributed by atoms with Gasteiger partial charge in [0.15, 0.2) is 0 Å². The molecule has 3 aromatic rings. The van der Waals surface area contributed by atoms with Crippen LogP contribution in [0.3, 0.4) is 0 Å². The second-order valence-corrected chi connectivity index (χ2v) is 8.29. The van der Waals surface area contributed by atoms with Gasteiger partial charge in [-0.1, -0.05) is 23.2 Å². The molecule has 6 nitrogen and oxygen atoms in total. The summed E-state index contributed by atoms with van der Waals surface area (Å²) in [5, 5.41) is 4.85.